The van der Waals surface area contributed by atoms with Crippen molar-refractivity contribution in [3.63, 3.8) is 0 Å². The number of aromatic nitrogens is 1. The first-order valence-electron chi connectivity index (χ1n) is 15.1. The lowest BCUT2D eigenvalue weighted by molar-refractivity contribution is -0.121. The lowest BCUT2D eigenvalue weighted by Gasteiger charge is -2.55. The highest BCUT2D eigenvalue weighted by Gasteiger charge is 2.60. The Morgan fingerprint density at radius 2 is 1.48 bits per heavy atom. The van der Waals surface area contributed by atoms with Crippen molar-refractivity contribution in [3.8, 4) is 28.3 Å². The van der Waals surface area contributed by atoms with Crippen LogP contribution in [0.5, 0.6) is 5.88 Å². The third-order valence-corrected chi connectivity index (χ3v) is 9.38. The van der Waals surface area contributed by atoms with E-state index in [4.69, 9.17) is 9.72 Å². The van der Waals surface area contributed by atoms with Crippen LogP contribution in [0.15, 0.2) is 84.9 Å². The number of pyridine rings is 1. The van der Waals surface area contributed by atoms with Crippen molar-refractivity contribution in [1.29, 1.82) is 0 Å². The molecule has 3 amide bonds. The molecule has 2 fully saturated rings. The van der Waals surface area contributed by atoms with Gasteiger partial charge in [0.15, 0.2) is 6.61 Å². The Labute approximate surface area is 254 Å². The van der Waals surface area contributed by atoms with E-state index in [0.29, 0.717) is 40.9 Å². The number of carbonyl (C=O) groups is 3. The summed E-state index contributed by atoms with van der Waals surface area (Å²) in [6, 6.07) is 26.6. The zero-order valence-electron chi connectivity index (χ0n) is 24.3. The summed E-state index contributed by atoms with van der Waals surface area (Å²) >= 11 is 0. The second-order valence-corrected chi connectivity index (χ2v) is 12.8. The zero-order chi connectivity index (χ0) is 30.2. The fraction of sp³-hybridized carbons (Fsp3) is 0.278. The summed E-state index contributed by atoms with van der Waals surface area (Å²) in [4.78, 5) is 48.1. The summed E-state index contributed by atoms with van der Waals surface area (Å²) in [7, 11) is 0. The van der Waals surface area contributed by atoms with Crippen LogP contribution >= 0.6 is 0 Å². The van der Waals surface area contributed by atoms with E-state index in [1.54, 1.807) is 31.2 Å². The van der Waals surface area contributed by atoms with Gasteiger partial charge in [-0.25, -0.2) is 4.98 Å². The van der Waals surface area contributed by atoms with Gasteiger partial charge < -0.3 is 14.7 Å². The summed E-state index contributed by atoms with van der Waals surface area (Å²) in [6.45, 7) is 2.36. The summed E-state index contributed by atoms with van der Waals surface area (Å²) in [5, 5.41) is 10.9. The minimum absolute atomic E-state index is 0.0431. The monoisotopic (exact) mass is 585 g/mol. The van der Waals surface area contributed by atoms with Crippen LogP contribution in [0, 0.1) is 5.92 Å². The number of carbonyl (C=O) groups excluding carboxylic acids is 3. The van der Waals surface area contributed by atoms with E-state index < -0.39 is 11.1 Å². The van der Waals surface area contributed by atoms with Crippen LogP contribution in [0.3, 0.4) is 0 Å². The predicted molar refractivity (Wildman–Crippen MR) is 164 cm³/mol. The second kappa shape index (κ2) is 9.59. The Kier molecular flexibility index (Phi) is 5.84. The highest BCUT2D eigenvalue weighted by molar-refractivity contribution is 6.22. The molecule has 1 aromatic heterocycles. The first-order chi connectivity index (χ1) is 21.2. The van der Waals surface area contributed by atoms with Crippen LogP contribution in [-0.2, 0) is 10.3 Å². The largest absolute Gasteiger partial charge is 0.466 e. The molecule has 220 valence electrons. The molecule has 2 saturated carbocycles. The van der Waals surface area contributed by atoms with Crippen molar-refractivity contribution < 1.29 is 24.2 Å². The Morgan fingerprint density at radius 1 is 0.841 bits per heavy atom. The molecule has 3 heterocycles. The minimum Gasteiger partial charge on any atom is -0.466 e. The molecular weight excluding hydrogens is 554 g/mol. The van der Waals surface area contributed by atoms with Crippen molar-refractivity contribution >= 4 is 23.4 Å². The van der Waals surface area contributed by atoms with Gasteiger partial charge in [-0.2, -0.15) is 0 Å². The van der Waals surface area contributed by atoms with Crippen LogP contribution < -0.4 is 9.64 Å². The summed E-state index contributed by atoms with van der Waals surface area (Å²) in [5.74, 6) is 0.212. The topological polar surface area (TPSA) is 100 Å². The van der Waals surface area contributed by atoms with Gasteiger partial charge >= 0.3 is 0 Å². The fourth-order valence-corrected chi connectivity index (χ4v) is 7.16. The molecule has 3 aromatic carbocycles. The first kappa shape index (κ1) is 26.8. The molecule has 0 unspecified atom stereocenters. The number of amides is 3. The lowest BCUT2D eigenvalue weighted by atomic mass is 9.61. The Balaban J connectivity index is 1.21. The number of rotatable bonds is 6. The second-order valence-electron chi connectivity index (χ2n) is 12.8. The van der Waals surface area contributed by atoms with Crippen molar-refractivity contribution in [2.75, 3.05) is 18.1 Å². The predicted octanol–water partition coefficient (Wildman–Crippen LogP) is 5.59. The molecule has 44 heavy (non-hydrogen) atoms. The van der Waals surface area contributed by atoms with Crippen molar-refractivity contribution in [1.82, 2.24) is 9.88 Å². The van der Waals surface area contributed by atoms with Crippen molar-refractivity contribution in [3.05, 3.63) is 102 Å². The number of nitrogens with zero attached hydrogens (tertiary/aromatic N) is 3. The molecule has 1 N–H and O–H groups in total. The number of ether oxygens (including phenoxy) is 1. The Morgan fingerprint density at radius 3 is 2.09 bits per heavy atom. The summed E-state index contributed by atoms with van der Waals surface area (Å²) < 4.78 is 5.86. The highest BCUT2D eigenvalue weighted by Crippen LogP contribution is 2.55. The van der Waals surface area contributed by atoms with Crippen LogP contribution in [0.2, 0.25) is 0 Å². The molecule has 4 aliphatic rings. The Hall–Kier alpha value is -4.82. The van der Waals surface area contributed by atoms with Crippen LogP contribution in [0.1, 0.15) is 58.9 Å². The first-order valence-corrected chi connectivity index (χ1v) is 15.1. The Bertz CT molecular complexity index is 1800. The number of aliphatic hydroxyl groups is 1. The maximum atomic E-state index is 13.5. The van der Waals surface area contributed by atoms with E-state index in [-0.39, 0.29) is 37.2 Å². The van der Waals surface area contributed by atoms with E-state index in [2.05, 4.69) is 0 Å². The zero-order valence-corrected chi connectivity index (χ0v) is 24.3. The molecular formula is C36H31N3O5. The van der Waals surface area contributed by atoms with Crippen LogP contribution in [0.4, 0.5) is 5.69 Å². The van der Waals surface area contributed by atoms with Crippen LogP contribution in [0.25, 0.3) is 22.4 Å². The van der Waals surface area contributed by atoms with E-state index in [0.717, 1.165) is 35.1 Å². The quantitative estimate of drug-likeness (QED) is 0.296. The average molecular weight is 586 g/mol. The minimum atomic E-state index is -1.00. The molecule has 0 saturated heterocycles. The molecule has 0 radical (unpaired) electrons. The van der Waals surface area contributed by atoms with Gasteiger partial charge in [0, 0.05) is 30.5 Å². The van der Waals surface area contributed by atoms with Gasteiger partial charge in [0.1, 0.15) is 5.69 Å². The van der Waals surface area contributed by atoms with Gasteiger partial charge in [0.2, 0.25) is 5.88 Å². The van der Waals surface area contributed by atoms with Gasteiger partial charge in [-0.05, 0) is 55.0 Å². The highest BCUT2D eigenvalue weighted by atomic mass is 16.5. The molecule has 8 rings (SSSR count). The van der Waals surface area contributed by atoms with Crippen molar-refractivity contribution in [2.45, 2.75) is 43.7 Å². The third kappa shape index (κ3) is 4.16. The van der Waals surface area contributed by atoms with Gasteiger partial charge in [-0.15, -0.1) is 0 Å². The molecule has 2 aliphatic heterocycles. The number of imide groups is 1. The van der Waals surface area contributed by atoms with E-state index >= 15 is 0 Å². The molecule has 2 aliphatic carbocycles. The standard InChI is InChI=1S/C36H31N3O5/c1-35(43)20-36(21-35,39-33(41)26-9-5-6-10-27(26)34(39)42)25-15-13-24(14-16-25)31-28(23-7-3-2-4-8-23)17-29-32(37-31)44-19-30(40)38(29)18-22-11-12-22/h2-10,13-17,22,43H,11-12,18-21H2,1H3/t35-,36+. The van der Waals surface area contributed by atoms with E-state index in [1.807, 2.05) is 65.6 Å². The van der Waals surface area contributed by atoms with Gasteiger partial charge in [-0.3, -0.25) is 19.3 Å². The van der Waals surface area contributed by atoms with E-state index in [9.17, 15) is 19.5 Å². The molecule has 0 spiro atoms. The molecule has 8 nitrogen and oxygen atoms in total. The number of hydrogen-bond donors (Lipinski definition) is 1. The lowest BCUT2D eigenvalue weighted by Crippen LogP contribution is -2.63. The molecule has 4 aromatic rings. The normalized spacial score (nSPS) is 24.1. The van der Waals surface area contributed by atoms with Crippen molar-refractivity contribution in [2.24, 2.45) is 5.92 Å². The number of anilines is 1. The fourth-order valence-electron chi connectivity index (χ4n) is 7.16. The van der Waals surface area contributed by atoms with Gasteiger partial charge in [0.25, 0.3) is 17.7 Å². The molecule has 0 atom stereocenters. The maximum absolute atomic E-state index is 13.5. The maximum Gasteiger partial charge on any atom is 0.265 e. The van der Waals surface area contributed by atoms with E-state index in [1.165, 1.54) is 4.90 Å². The average Bonchev–Trinajstić information content (AvgIpc) is 3.81. The smallest absolute Gasteiger partial charge is 0.265 e. The third-order valence-electron chi connectivity index (χ3n) is 9.38. The SMILES string of the molecule is C[C@]1(O)C[C@@](c2ccc(-c3nc4c(cc3-c3ccccc3)N(CC3CC3)C(=O)CO4)cc2)(N2C(=O)c3ccccc3C2=O)C1. The number of hydrogen-bond acceptors (Lipinski definition) is 6. The summed E-state index contributed by atoms with van der Waals surface area (Å²) in [5.41, 5.74) is 3.64. The van der Waals surface area contributed by atoms with Gasteiger partial charge in [0.05, 0.1) is 28.0 Å². The molecule has 0 bridgehead atoms. The van der Waals surface area contributed by atoms with Gasteiger partial charge in [-0.1, -0.05) is 66.7 Å². The number of benzene rings is 3. The molecule has 8 heteroatoms. The summed E-state index contributed by atoms with van der Waals surface area (Å²) in [6.07, 6.45) is 2.74. The van der Waals surface area contributed by atoms with Crippen LogP contribution in [-0.4, -0.2) is 51.5 Å². The number of fused-ring (bicyclic) bond motifs is 2.